The highest BCUT2D eigenvalue weighted by atomic mass is 127. The molecule has 0 aliphatic carbocycles. The van der Waals surface area contributed by atoms with Crippen molar-refractivity contribution in [2.45, 2.75) is 19.0 Å². The number of benzene rings is 4. The van der Waals surface area contributed by atoms with Crippen molar-refractivity contribution in [1.82, 2.24) is 0 Å². The molecule has 4 aromatic carbocycles. The maximum Gasteiger partial charge on any atom is 0.398 e. The molecule has 0 aromatic heterocycles. The molecular weight excluding hydrogens is 581 g/mol. The fourth-order valence-electron chi connectivity index (χ4n) is 3.55. The zero-order valence-corrected chi connectivity index (χ0v) is 20.1. The first-order valence-corrected chi connectivity index (χ1v) is 11.6. The molecular formula is C27H17F6IO. The van der Waals surface area contributed by atoms with Crippen LogP contribution in [0.5, 0.6) is 5.75 Å². The van der Waals surface area contributed by atoms with Gasteiger partial charge in [-0.3, -0.25) is 0 Å². The minimum Gasteiger partial charge on any atom is -0.433 e. The van der Waals surface area contributed by atoms with E-state index in [1.165, 1.54) is 24.3 Å². The van der Waals surface area contributed by atoms with Crippen molar-refractivity contribution in [1.29, 1.82) is 0 Å². The Morgan fingerprint density at radius 3 is 1.80 bits per heavy atom. The topological polar surface area (TPSA) is 9.23 Å². The third-order valence-electron chi connectivity index (χ3n) is 5.32. The third kappa shape index (κ3) is 6.17. The van der Waals surface area contributed by atoms with Crippen LogP contribution in [0.3, 0.4) is 0 Å². The standard InChI is InChI=1S/C27H17F6IO/c28-22-10-5-18(13-23(22)29)26-24(30)14-19(15-25(26)31)17-3-8-21(9-4-17)35-27(32,33)12-11-16-1-6-20(34)7-2-16/h1-10,13-15H,11-12H2. The fraction of sp³-hybridized carbons (Fsp3) is 0.111. The summed E-state index contributed by atoms with van der Waals surface area (Å²) in [6.07, 6.45) is -3.79. The number of alkyl halides is 2. The summed E-state index contributed by atoms with van der Waals surface area (Å²) < 4.78 is 90.4. The second-order valence-corrected chi connectivity index (χ2v) is 9.08. The maximum atomic E-state index is 14.7. The molecule has 180 valence electrons. The van der Waals surface area contributed by atoms with Crippen LogP contribution < -0.4 is 4.74 Å². The number of ether oxygens (including phenoxy) is 1. The van der Waals surface area contributed by atoms with Gasteiger partial charge in [0.25, 0.3) is 0 Å². The Labute approximate surface area is 211 Å². The van der Waals surface area contributed by atoms with E-state index in [1.807, 2.05) is 12.1 Å². The Hall–Kier alpha value is -3.01. The van der Waals surface area contributed by atoms with E-state index in [-0.39, 0.29) is 23.3 Å². The molecule has 0 unspecified atom stereocenters. The molecule has 0 saturated heterocycles. The molecule has 0 radical (unpaired) electrons. The summed E-state index contributed by atoms with van der Waals surface area (Å²) in [6, 6.07) is 17.2. The Bertz CT molecular complexity index is 1310. The van der Waals surface area contributed by atoms with Crippen molar-refractivity contribution in [3.8, 4) is 28.0 Å². The molecule has 0 N–H and O–H groups in total. The average Bonchev–Trinajstić information content (AvgIpc) is 2.81. The van der Waals surface area contributed by atoms with E-state index in [9.17, 15) is 26.3 Å². The monoisotopic (exact) mass is 598 g/mol. The number of hydrogen-bond donors (Lipinski definition) is 0. The molecule has 35 heavy (non-hydrogen) atoms. The number of hydrogen-bond acceptors (Lipinski definition) is 1. The Kier molecular flexibility index (Phi) is 7.39. The lowest BCUT2D eigenvalue weighted by molar-refractivity contribution is -0.180. The summed E-state index contributed by atoms with van der Waals surface area (Å²) in [5.41, 5.74) is 0.611. The van der Waals surface area contributed by atoms with E-state index < -0.39 is 41.4 Å². The number of aryl methyl sites for hydroxylation is 1. The average molecular weight is 598 g/mol. The van der Waals surface area contributed by atoms with Crippen LogP contribution in [0, 0.1) is 26.8 Å². The van der Waals surface area contributed by atoms with Gasteiger partial charge in [0.15, 0.2) is 11.6 Å². The first kappa shape index (κ1) is 25.1. The van der Waals surface area contributed by atoms with Crippen LogP contribution in [0.4, 0.5) is 26.3 Å². The molecule has 4 aromatic rings. The van der Waals surface area contributed by atoms with Crippen molar-refractivity contribution < 1.29 is 31.1 Å². The molecule has 4 rings (SSSR count). The number of halogens is 7. The van der Waals surface area contributed by atoms with Crippen molar-refractivity contribution in [3.63, 3.8) is 0 Å². The summed E-state index contributed by atoms with van der Waals surface area (Å²) in [5.74, 6) is -4.41. The van der Waals surface area contributed by atoms with Crippen molar-refractivity contribution in [3.05, 3.63) is 111 Å². The highest BCUT2D eigenvalue weighted by molar-refractivity contribution is 14.1. The SMILES string of the molecule is Fc1ccc(-c2c(F)cc(-c3ccc(OC(F)(F)CCc4ccc(I)cc4)cc3)cc2F)cc1F. The predicted molar refractivity (Wildman–Crippen MR) is 130 cm³/mol. The number of rotatable bonds is 7. The summed E-state index contributed by atoms with van der Waals surface area (Å²) in [5, 5.41) is 0. The second-order valence-electron chi connectivity index (χ2n) is 7.83. The van der Waals surface area contributed by atoms with Crippen molar-refractivity contribution in [2.24, 2.45) is 0 Å². The third-order valence-corrected chi connectivity index (χ3v) is 6.04. The molecule has 0 heterocycles. The predicted octanol–water partition coefficient (Wildman–Crippen LogP) is 8.79. The minimum absolute atomic E-state index is 0.0966. The zero-order valence-electron chi connectivity index (χ0n) is 18.0. The van der Waals surface area contributed by atoms with Gasteiger partial charge in [0.1, 0.15) is 17.4 Å². The van der Waals surface area contributed by atoms with E-state index in [2.05, 4.69) is 22.6 Å². The van der Waals surface area contributed by atoms with Crippen LogP contribution in [0.15, 0.2) is 78.9 Å². The lowest BCUT2D eigenvalue weighted by Crippen LogP contribution is -2.25. The first-order valence-electron chi connectivity index (χ1n) is 10.5. The van der Waals surface area contributed by atoms with Gasteiger partial charge < -0.3 is 4.74 Å². The molecule has 0 aliphatic heterocycles. The summed E-state index contributed by atoms with van der Waals surface area (Å²) >= 11 is 2.13. The van der Waals surface area contributed by atoms with Gasteiger partial charge >= 0.3 is 6.11 Å². The maximum absolute atomic E-state index is 14.7. The second kappa shape index (κ2) is 10.3. The van der Waals surface area contributed by atoms with Gasteiger partial charge in [-0.05, 0) is 99.8 Å². The van der Waals surface area contributed by atoms with E-state index in [1.54, 1.807) is 12.1 Å². The normalized spacial score (nSPS) is 11.5. The minimum atomic E-state index is -3.41. The van der Waals surface area contributed by atoms with Gasteiger partial charge in [0.2, 0.25) is 0 Å². The van der Waals surface area contributed by atoms with Crippen molar-refractivity contribution >= 4 is 22.6 Å². The van der Waals surface area contributed by atoms with Gasteiger partial charge in [0.05, 0.1) is 12.0 Å². The van der Waals surface area contributed by atoms with Crippen LogP contribution in [0.1, 0.15) is 12.0 Å². The van der Waals surface area contributed by atoms with Crippen LogP contribution >= 0.6 is 22.6 Å². The molecule has 1 nitrogen and oxygen atoms in total. The summed E-state index contributed by atoms with van der Waals surface area (Å²) in [6.45, 7) is 0. The lowest BCUT2D eigenvalue weighted by Gasteiger charge is -2.18. The molecule has 8 heteroatoms. The Balaban J connectivity index is 1.48. The fourth-order valence-corrected chi connectivity index (χ4v) is 3.91. The summed E-state index contributed by atoms with van der Waals surface area (Å²) in [4.78, 5) is 0. The smallest absolute Gasteiger partial charge is 0.398 e. The molecule has 0 bridgehead atoms. The molecule has 0 fully saturated rings. The van der Waals surface area contributed by atoms with E-state index >= 15 is 0 Å². The highest BCUT2D eigenvalue weighted by Crippen LogP contribution is 2.33. The van der Waals surface area contributed by atoms with Gasteiger partial charge in [-0.2, -0.15) is 8.78 Å². The van der Waals surface area contributed by atoms with Crippen LogP contribution in [-0.4, -0.2) is 6.11 Å². The van der Waals surface area contributed by atoms with E-state index in [0.29, 0.717) is 11.6 Å². The Morgan fingerprint density at radius 1 is 0.629 bits per heavy atom. The van der Waals surface area contributed by atoms with Gasteiger partial charge in [-0.15, -0.1) is 0 Å². The first-order chi connectivity index (χ1) is 16.6. The molecule has 0 aliphatic rings. The highest BCUT2D eigenvalue weighted by Gasteiger charge is 2.31. The van der Waals surface area contributed by atoms with E-state index in [4.69, 9.17) is 4.74 Å². The largest absolute Gasteiger partial charge is 0.433 e. The van der Waals surface area contributed by atoms with Gasteiger partial charge in [-0.1, -0.05) is 30.3 Å². The van der Waals surface area contributed by atoms with Crippen LogP contribution in [0.2, 0.25) is 0 Å². The quantitative estimate of drug-likeness (QED) is 0.153. The van der Waals surface area contributed by atoms with Gasteiger partial charge in [-0.25, -0.2) is 17.6 Å². The van der Waals surface area contributed by atoms with Gasteiger partial charge in [0, 0.05) is 3.57 Å². The zero-order chi connectivity index (χ0) is 25.2. The van der Waals surface area contributed by atoms with Crippen LogP contribution in [-0.2, 0) is 6.42 Å². The van der Waals surface area contributed by atoms with Crippen LogP contribution in [0.25, 0.3) is 22.3 Å². The van der Waals surface area contributed by atoms with E-state index in [0.717, 1.165) is 33.4 Å². The summed E-state index contributed by atoms with van der Waals surface area (Å²) in [7, 11) is 0. The van der Waals surface area contributed by atoms with Crippen molar-refractivity contribution in [2.75, 3.05) is 0 Å². The lowest BCUT2D eigenvalue weighted by atomic mass is 9.98. The Morgan fingerprint density at radius 2 is 1.20 bits per heavy atom. The molecule has 0 saturated carbocycles. The molecule has 0 atom stereocenters. The molecule has 0 spiro atoms. The molecule has 0 amide bonds.